The Morgan fingerprint density at radius 3 is 2.47 bits per heavy atom. The maximum atomic E-state index is 13.4. The Morgan fingerprint density at radius 2 is 1.97 bits per heavy atom. The number of hydrogen-bond donors (Lipinski definition) is 2. The molecular weight excluding hydrogens is 396 g/mol. The highest BCUT2D eigenvalue weighted by molar-refractivity contribution is 6.06. The molecule has 2 N–H and O–H groups in total. The number of carbonyl (C=O) groups excluding carboxylic acids is 4. The van der Waals surface area contributed by atoms with E-state index in [-0.39, 0.29) is 17.9 Å². The number of fused-ring (bicyclic) bond motifs is 3. The van der Waals surface area contributed by atoms with Crippen molar-refractivity contribution >= 4 is 23.6 Å². The topological polar surface area (TPSA) is 134 Å². The zero-order valence-corrected chi connectivity index (χ0v) is 17.5. The van der Waals surface area contributed by atoms with Crippen molar-refractivity contribution in [3.63, 3.8) is 0 Å². The molecule has 3 aliphatic heterocycles. The number of ketones is 1. The van der Waals surface area contributed by atoms with Gasteiger partial charge in [-0.05, 0) is 13.0 Å². The van der Waals surface area contributed by atoms with Crippen molar-refractivity contribution in [1.82, 2.24) is 9.80 Å². The maximum absolute atomic E-state index is 13.4. The molecule has 0 radical (unpaired) electrons. The summed E-state index contributed by atoms with van der Waals surface area (Å²) >= 11 is 0. The lowest BCUT2D eigenvalue weighted by molar-refractivity contribution is -0.183. The third-order valence-corrected chi connectivity index (χ3v) is 7.17. The van der Waals surface area contributed by atoms with Crippen LogP contribution < -0.4 is 0 Å². The van der Waals surface area contributed by atoms with Gasteiger partial charge < -0.3 is 24.6 Å². The molecule has 6 atom stereocenters. The second-order valence-electron chi connectivity index (χ2n) is 9.15. The first-order valence-electron chi connectivity index (χ1n) is 9.89. The normalized spacial score (nSPS) is 42.0. The lowest BCUT2D eigenvalue weighted by Gasteiger charge is -2.40. The zero-order chi connectivity index (χ0) is 22.4. The molecular formula is C20H26N2O8. The van der Waals surface area contributed by atoms with Gasteiger partial charge in [-0.25, -0.2) is 0 Å². The van der Waals surface area contributed by atoms with Gasteiger partial charge in [0.2, 0.25) is 0 Å². The van der Waals surface area contributed by atoms with Crippen molar-refractivity contribution in [2.24, 2.45) is 5.41 Å². The highest BCUT2D eigenvalue weighted by Crippen LogP contribution is 2.57. The lowest BCUT2D eigenvalue weighted by Crippen LogP contribution is -2.61. The van der Waals surface area contributed by atoms with E-state index in [0.717, 1.165) is 16.7 Å². The maximum Gasteiger partial charge on any atom is 0.303 e. The molecule has 1 saturated carbocycles. The van der Waals surface area contributed by atoms with Crippen molar-refractivity contribution in [3.8, 4) is 0 Å². The van der Waals surface area contributed by atoms with Gasteiger partial charge in [0.1, 0.15) is 17.3 Å². The number of likely N-dealkylation sites (N-methyl/N-ethyl adjacent to an activating group) is 1. The number of aliphatic hydroxyl groups is 2. The van der Waals surface area contributed by atoms with E-state index in [9.17, 15) is 29.4 Å². The SMILES string of the molecule is CC(=O)O[C@H]1[C@]2(O)C=C3C(=O)N(C)[C@@H](CO)C(=O)N3[C@@H]2C[C@]12O[C@H](C)C(C)(C)C2=O. The van der Waals surface area contributed by atoms with Gasteiger partial charge in [-0.15, -0.1) is 0 Å². The molecule has 0 bridgehead atoms. The second-order valence-corrected chi connectivity index (χ2v) is 9.15. The van der Waals surface area contributed by atoms with Gasteiger partial charge in [0, 0.05) is 20.4 Å². The molecule has 4 aliphatic rings. The van der Waals surface area contributed by atoms with E-state index < -0.39 is 65.3 Å². The van der Waals surface area contributed by atoms with Gasteiger partial charge in [0.15, 0.2) is 17.5 Å². The molecule has 2 saturated heterocycles. The van der Waals surface area contributed by atoms with E-state index >= 15 is 0 Å². The first-order chi connectivity index (χ1) is 13.8. The molecule has 4 rings (SSSR count). The standard InChI is InChI=1S/C20H26N2O8/c1-9-18(3,4)16(27)20(30-9)7-13-19(28,17(20)29-10(2)24)6-11-14(25)21(5)12(8-23)15(26)22(11)13/h6,9,12-13,17,23,28H,7-8H2,1-5H3/t9-,12+,13-,17+,19+,20-/m1/s1. The average Bonchev–Trinajstić information content (AvgIpc) is 3.13. The molecule has 10 heteroatoms. The Labute approximate surface area is 173 Å². The number of amides is 2. The monoisotopic (exact) mass is 422 g/mol. The van der Waals surface area contributed by atoms with Gasteiger partial charge in [-0.2, -0.15) is 0 Å². The van der Waals surface area contributed by atoms with Crippen LogP contribution in [0.25, 0.3) is 0 Å². The first-order valence-corrected chi connectivity index (χ1v) is 9.89. The molecule has 164 valence electrons. The minimum atomic E-state index is -1.99. The van der Waals surface area contributed by atoms with Gasteiger partial charge >= 0.3 is 5.97 Å². The van der Waals surface area contributed by atoms with Gasteiger partial charge in [0.05, 0.1) is 24.2 Å². The summed E-state index contributed by atoms with van der Waals surface area (Å²) in [6.45, 7) is 5.72. The Bertz CT molecular complexity index is 897. The quantitative estimate of drug-likeness (QED) is 0.527. The summed E-state index contributed by atoms with van der Waals surface area (Å²) in [4.78, 5) is 53.4. The number of Topliss-reactive ketones (excluding diaryl/α,β-unsaturated/α-hetero) is 1. The van der Waals surface area contributed by atoms with E-state index in [0.29, 0.717) is 0 Å². The molecule has 3 fully saturated rings. The van der Waals surface area contributed by atoms with Crippen LogP contribution in [0.4, 0.5) is 0 Å². The fraction of sp³-hybridized carbons (Fsp3) is 0.700. The number of nitrogens with zero attached hydrogens (tertiary/aromatic N) is 2. The summed E-state index contributed by atoms with van der Waals surface area (Å²) in [5.74, 6) is -2.20. The van der Waals surface area contributed by atoms with E-state index in [1.165, 1.54) is 13.1 Å². The molecule has 0 unspecified atom stereocenters. The van der Waals surface area contributed by atoms with E-state index in [2.05, 4.69) is 0 Å². The van der Waals surface area contributed by atoms with Gasteiger partial charge in [-0.3, -0.25) is 24.1 Å². The number of rotatable bonds is 2. The van der Waals surface area contributed by atoms with Crippen LogP contribution in [0.3, 0.4) is 0 Å². The largest absolute Gasteiger partial charge is 0.455 e. The minimum absolute atomic E-state index is 0.0653. The van der Waals surface area contributed by atoms with Crippen LogP contribution in [0.5, 0.6) is 0 Å². The van der Waals surface area contributed by atoms with Crippen LogP contribution in [0.15, 0.2) is 11.8 Å². The number of ether oxygens (including phenoxy) is 2. The summed E-state index contributed by atoms with van der Waals surface area (Å²) in [6.07, 6.45) is -0.906. The third kappa shape index (κ3) is 2.29. The molecule has 0 aromatic rings. The van der Waals surface area contributed by atoms with Crippen molar-refractivity contribution in [2.45, 2.75) is 69.6 Å². The molecule has 0 aromatic heterocycles. The first kappa shape index (κ1) is 21.0. The van der Waals surface area contributed by atoms with E-state index in [1.54, 1.807) is 20.8 Å². The second kappa shape index (κ2) is 6.12. The van der Waals surface area contributed by atoms with Crippen LogP contribution >= 0.6 is 0 Å². The number of aliphatic hydroxyl groups excluding tert-OH is 1. The summed E-state index contributed by atoms with van der Waals surface area (Å²) < 4.78 is 11.5. The van der Waals surface area contributed by atoms with Crippen LogP contribution in [0.2, 0.25) is 0 Å². The summed E-state index contributed by atoms with van der Waals surface area (Å²) in [5.41, 5.74) is -4.62. The van der Waals surface area contributed by atoms with Crippen molar-refractivity contribution in [1.29, 1.82) is 0 Å². The molecule has 10 nitrogen and oxygen atoms in total. The number of carbonyl (C=O) groups is 4. The zero-order valence-electron chi connectivity index (χ0n) is 17.5. The lowest BCUT2D eigenvalue weighted by atomic mass is 9.77. The Morgan fingerprint density at radius 1 is 1.33 bits per heavy atom. The summed E-state index contributed by atoms with van der Waals surface area (Å²) in [5, 5.41) is 21.3. The summed E-state index contributed by atoms with van der Waals surface area (Å²) in [6, 6.07) is -2.17. The van der Waals surface area contributed by atoms with Crippen molar-refractivity contribution in [3.05, 3.63) is 11.8 Å². The minimum Gasteiger partial charge on any atom is -0.455 e. The molecule has 0 aromatic carbocycles. The molecule has 30 heavy (non-hydrogen) atoms. The predicted molar refractivity (Wildman–Crippen MR) is 99.5 cm³/mol. The summed E-state index contributed by atoms with van der Waals surface area (Å²) in [7, 11) is 1.39. The van der Waals surface area contributed by atoms with Gasteiger partial charge in [-0.1, -0.05) is 13.8 Å². The highest BCUT2D eigenvalue weighted by atomic mass is 16.6. The van der Waals surface area contributed by atoms with Crippen LogP contribution in [0.1, 0.15) is 34.1 Å². The highest BCUT2D eigenvalue weighted by Gasteiger charge is 2.76. The van der Waals surface area contributed by atoms with Crippen LogP contribution in [0, 0.1) is 5.41 Å². The Balaban J connectivity index is 1.86. The number of esters is 1. The Hall–Kier alpha value is -2.30. The van der Waals surface area contributed by atoms with Crippen molar-refractivity contribution < 1.29 is 38.9 Å². The van der Waals surface area contributed by atoms with Crippen molar-refractivity contribution in [2.75, 3.05) is 13.7 Å². The Kier molecular flexibility index (Phi) is 4.27. The average molecular weight is 422 g/mol. The number of piperazine rings is 1. The van der Waals surface area contributed by atoms with E-state index in [1.807, 2.05) is 0 Å². The molecule has 2 amide bonds. The van der Waals surface area contributed by atoms with Gasteiger partial charge in [0.25, 0.3) is 11.8 Å². The molecule has 3 heterocycles. The third-order valence-electron chi connectivity index (χ3n) is 7.17. The molecule has 1 spiro atoms. The smallest absolute Gasteiger partial charge is 0.303 e. The fourth-order valence-electron chi connectivity index (χ4n) is 5.24. The fourth-order valence-corrected chi connectivity index (χ4v) is 5.24. The van der Waals surface area contributed by atoms with Crippen LogP contribution in [-0.4, -0.2) is 92.7 Å². The molecule has 1 aliphatic carbocycles. The van der Waals surface area contributed by atoms with E-state index in [4.69, 9.17) is 9.47 Å². The predicted octanol–water partition coefficient (Wildman–Crippen LogP) is -1.27. The number of hydrogen-bond acceptors (Lipinski definition) is 8. The van der Waals surface area contributed by atoms with Crippen LogP contribution in [-0.2, 0) is 28.7 Å².